The Kier molecular flexibility index (Phi) is 3.50. The van der Waals surface area contributed by atoms with Crippen LogP contribution in [0, 0.1) is 5.41 Å². The zero-order valence-corrected chi connectivity index (χ0v) is 12.3. The third-order valence-electron chi connectivity index (χ3n) is 3.62. The van der Waals surface area contributed by atoms with E-state index in [4.69, 9.17) is 32.6 Å². The van der Waals surface area contributed by atoms with Crippen LogP contribution in [0.5, 0.6) is 5.75 Å². The molecule has 0 bridgehead atoms. The Morgan fingerprint density at radius 3 is 2.82 bits per heavy atom. The number of aliphatic carboxylic acids is 1. The molecule has 2 aromatic rings. The Hall–Kier alpha value is -2.53. The van der Waals surface area contributed by atoms with E-state index in [0.29, 0.717) is 17.2 Å². The van der Waals surface area contributed by atoms with Gasteiger partial charge < -0.3 is 15.6 Å². The van der Waals surface area contributed by atoms with Crippen LogP contribution in [0.25, 0.3) is 11.1 Å². The van der Waals surface area contributed by atoms with Crippen LogP contribution in [-0.4, -0.2) is 23.4 Å². The molecule has 0 unspecified atom stereocenters. The first kappa shape index (κ1) is 14.4. The van der Waals surface area contributed by atoms with Crippen LogP contribution in [0.4, 0.5) is 5.69 Å². The summed E-state index contributed by atoms with van der Waals surface area (Å²) in [4.78, 5) is 11.0. The molecular formula is C16H13ClN2O3. The summed E-state index contributed by atoms with van der Waals surface area (Å²) >= 11 is 6.24. The Labute approximate surface area is 131 Å². The number of halogens is 1. The van der Waals surface area contributed by atoms with Gasteiger partial charge in [0.15, 0.2) is 0 Å². The maximum atomic E-state index is 11.0. The predicted octanol–water partition coefficient (Wildman–Crippen LogP) is 2.98. The van der Waals surface area contributed by atoms with Crippen molar-refractivity contribution in [1.82, 2.24) is 0 Å². The second-order valence-electron chi connectivity index (χ2n) is 5.02. The molecule has 2 aromatic carbocycles. The lowest BCUT2D eigenvalue weighted by Gasteiger charge is -2.11. The second-order valence-corrected chi connectivity index (χ2v) is 5.43. The highest BCUT2D eigenvalue weighted by Gasteiger charge is 2.18. The van der Waals surface area contributed by atoms with Crippen molar-refractivity contribution in [2.75, 3.05) is 12.3 Å². The van der Waals surface area contributed by atoms with E-state index < -0.39 is 11.7 Å². The topological polar surface area (TPSA) is 96.4 Å². The Balaban J connectivity index is 2.12. The van der Waals surface area contributed by atoms with Crippen LogP contribution in [0.1, 0.15) is 11.1 Å². The molecule has 0 radical (unpaired) electrons. The fraction of sp³-hybridized carbons (Fsp3) is 0.125. The zero-order valence-electron chi connectivity index (χ0n) is 11.5. The maximum Gasteiger partial charge on any atom is 0.354 e. The highest BCUT2D eigenvalue weighted by molar-refractivity contribution is 6.43. The second kappa shape index (κ2) is 5.35. The summed E-state index contributed by atoms with van der Waals surface area (Å²) in [5, 5.41) is 17.0. The van der Waals surface area contributed by atoms with Crippen molar-refractivity contribution in [3.63, 3.8) is 0 Å². The molecule has 0 spiro atoms. The van der Waals surface area contributed by atoms with Gasteiger partial charge in [-0.05, 0) is 35.4 Å². The molecule has 6 heteroatoms. The van der Waals surface area contributed by atoms with Gasteiger partial charge in [0, 0.05) is 23.2 Å². The molecule has 5 nitrogen and oxygen atoms in total. The minimum atomic E-state index is -1.33. The number of nitrogens with one attached hydrogen (secondary N) is 1. The molecule has 22 heavy (non-hydrogen) atoms. The summed E-state index contributed by atoms with van der Waals surface area (Å²) in [6, 6.07) is 8.72. The molecule has 112 valence electrons. The number of hydrogen-bond acceptors (Lipinski definition) is 4. The molecule has 1 aliphatic heterocycles. The first-order valence-electron chi connectivity index (χ1n) is 6.64. The summed E-state index contributed by atoms with van der Waals surface area (Å²) in [5.74, 6) is -0.476. The number of nitrogens with two attached hydrogens (primary N) is 1. The number of benzene rings is 2. The minimum absolute atomic E-state index is 0.156. The fourth-order valence-electron chi connectivity index (χ4n) is 2.50. The monoisotopic (exact) mass is 316 g/mol. The normalized spacial score (nSPS) is 12.6. The molecule has 0 atom stereocenters. The molecule has 4 N–H and O–H groups in total. The number of anilines is 1. The molecule has 0 fully saturated rings. The molecule has 0 aliphatic carbocycles. The average Bonchev–Trinajstić information content (AvgIpc) is 2.94. The molecule has 1 aliphatic rings. The van der Waals surface area contributed by atoms with E-state index in [-0.39, 0.29) is 11.3 Å². The molecule has 0 amide bonds. The van der Waals surface area contributed by atoms with Crippen molar-refractivity contribution in [1.29, 1.82) is 5.41 Å². The Morgan fingerprint density at radius 2 is 2.09 bits per heavy atom. The predicted molar refractivity (Wildman–Crippen MR) is 85.0 cm³/mol. The third-order valence-corrected chi connectivity index (χ3v) is 3.94. The highest BCUT2D eigenvalue weighted by atomic mass is 35.5. The molecule has 1 heterocycles. The molecule has 3 rings (SSSR count). The van der Waals surface area contributed by atoms with Gasteiger partial charge in [0.1, 0.15) is 11.5 Å². The van der Waals surface area contributed by atoms with Crippen LogP contribution in [0.2, 0.25) is 5.02 Å². The first-order chi connectivity index (χ1) is 10.5. The SMILES string of the molecule is N=C(C(=O)O)c1cc(-c2ccc3c(c2)CCO3)c(Cl)cc1N. The first-order valence-corrected chi connectivity index (χ1v) is 7.02. The molecule has 0 saturated carbocycles. The number of carboxylic acid groups (broad SMARTS) is 1. The summed E-state index contributed by atoms with van der Waals surface area (Å²) in [6.07, 6.45) is 0.827. The van der Waals surface area contributed by atoms with E-state index in [9.17, 15) is 4.79 Å². The van der Waals surface area contributed by atoms with Crippen LogP contribution in [0.15, 0.2) is 30.3 Å². The number of hydrogen-bond donors (Lipinski definition) is 3. The van der Waals surface area contributed by atoms with Crippen LogP contribution in [-0.2, 0) is 11.2 Å². The van der Waals surface area contributed by atoms with Crippen LogP contribution >= 0.6 is 11.6 Å². The van der Waals surface area contributed by atoms with E-state index in [0.717, 1.165) is 23.3 Å². The zero-order chi connectivity index (χ0) is 15.9. The summed E-state index contributed by atoms with van der Waals surface area (Å²) < 4.78 is 5.47. The minimum Gasteiger partial charge on any atom is -0.493 e. The van der Waals surface area contributed by atoms with Crippen molar-refractivity contribution in [3.05, 3.63) is 46.5 Å². The number of nitrogen functional groups attached to an aromatic ring is 1. The Bertz CT molecular complexity index is 802. The van der Waals surface area contributed by atoms with Gasteiger partial charge in [0.2, 0.25) is 0 Å². The highest BCUT2D eigenvalue weighted by Crippen LogP contribution is 2.36. The van der Waals surface area contributed by atoms with Crippen molar-refractivity contribution in [2.45, 2.75) is 6.42 Å². The maximum absolute atomic E-state index is 11.0. The van der Waals surface area contributed by atoms with Gasteiger partial charge in [0.25, 0.3) is 0 Å². The van der Waals surface area contributed by atoms with Crippen molar-refractivity contribution in [3.8, 4) is 16.9 Å². The van der Waals surface area contributed by atoms with Crippen molar-refractivity contribution < 1.29 is 14.6 Å². The summed E-state index contributed by atoms with van der Waals surface area (Å²) in [6.45, 7) is 0.656. The third kappa shape index (κ3) is 2.40. The average molecular weight is 317 g/mol. The quantitative estimate of drug-likeness (QED) is 0.599. The van der Waals surface area contributed by atoms with Gasteiger partial charge in [-0.1, -0.05) is 17.7 Å². The van der Waals surface area contributed by atoms with Gasteiger partial charge in [0.05, 0.1) is 11.6 Å². The number of carboxylic acids is 1. The lowest BCUT2D eigenvalue weighted by atomic mass is 9.97. The van der Waals surface area contributed by atoms with Crippen LogP contribution < -0.4 is 10.5 Å². The van der Waals surface area contributed by atoms with Gasteiger partial charge >= 0.3 is 5.97 Å². The number of ether oxygens (including phenoxy) is 1. The van der Waals surface area contributed by atoms with Crippen molar-refractivity contribution in [2.24, 2.45) is 0 Å². The molecule has 0 saturated heterocycles. The molecular weight excluding hydrogens is 304 g/mol. The smallest absolute Gasteiger partial charge is 0.354 e. The fourth-order valence-corrected chi connectivity index (χ4v) is 2.78. The van der Waals surface area contributed by atoms with E-state index in [2.05, 4.69) is 0 Å². The van der Waals surface area contributed by atoms with E-state index in [1.807, 2.05) is 18.2 Å². The van der Waals surface area contributed by atoms with Gasteiger partial charge in [-0.15, -0.1) is 0 Å². The largest absolute Gasteiger partial charge is 0.493 e. The van der Waals surface area contributed by atoms with E-state index in [1.165, 1.54) is 6.07 Å². The lowest BCUT2D eigenvalue weighted by Crippen LogP contribution is -2.15. The number of rotatable bonds is 3. The summed E-state index contributed by atoms with van der Waals surface area (Å²) in [5.41, 5.74) is 8.13. The van der Waals surface area contributed by atoms with Gasteiger partial charge in [-0.25, -0.2) is 4.79 Å². The Morgan fingerprint density at radius 1 is 1.32 bits per heavy atom. The van der Waals surface area contributed by atoms with Gasteiger partial charge in [-0.3, -0.25) is 5.41 Å². The number of fused-ring (bicyclic) bond motifs is 1. The standard InChI is InChI=1S/C16H13ClN2O3/c17-12-7-13(18)11(15(19)16(20)21)6-10(12)8-1-2-14-9(5-8)3-4-22-14/h1-2,5-7,19H,3-4,18H2,(H,20,21). The van der Waals surface area contributed by atoms with Gasteiger partial charge in [-0.2, -0.15) is 0 Å². The number of carbonyl (C=O) groups is 1. The van der Waals surface area contributed by atoms with Crippen LogP contribution in [0.3, 0.4) is 0 Å². The van der Waals surface area contributed by atoms with Crippen molar-refractivity contribution >= 4 is 29.0 Å². The van der Waals surface area contributed by atoms with E-state index >= 15 is 0 Å². The van der Waals surface area contributed by atoms with E-state index in [1.54, 1.807) is 6.07 Å². The summed E-state index contributed by atoms with van der Waals surface area (Å²) in [7, 11) is 0. The lowest BCUT2D eigenvalue weighted by molar-refractivity contribution is -0.129. The molecule has 0 aromatic heterocycles.